The van der Waals surface area contributed by atoms with E-state index >= 15 is 0 Å². The molecule has 1 aliphatic rings. The molecule has 1 aliphatic heterocycles. The predicted octanol–water partition coefficient (Wildman–Crippen LogP) is 1.37. The zero-order valence-corrected chi connectivity index (χ0v) is 9.46. The Labute approximate surface area is 98.9 Å². The van der Waals surface area contributed by atoms with Crippen LogP contribution in [0.3, 0.4) is 0 Å². The second kappa shape index (κ2) is 5.16. The summed E-state index contributed by atoms with van der Waals surface area (Å²) in [5, 5.41) is 9.16. The van der Waals surface area contributed by atoms with E-state index in [-0.39, 0.29) is 24.2 Å². The number of hydrogen-bond donors (Lipinski definition) is 1. The van der Waals surface area contributed by atoms with Crippen molar-refractivity contribution in [2.45, 2.75) is 18.8 Å². The van der Waals surface area contributed by atoms with Gasteiger partial charge in [-0.1, -0.05) is 12.1 Å². The maximum atomic E-state index is 11.1. The Balaban J connectivity index is 1.93. The van der Waals surface area contributed by atoms with Crippen LogP contribution in [0.4, 0.5) is 0 Å². The van der Waals surface area contributed by atoms with Gasteiger partial charge in [-0.3, -0.25) is 4.79 Å². The molecule has 1 N–H and O–H groups in total. The fraction of sp³-hybridized carbons (Fsp3) is 0.417. The minimum absolute atomic E-state index is 0.186. The first kappa shape index (κ1) is 11.9. The SMILES string of the molecule is COC(=O)CC1COC(c2ccc(O)cc2)O1. The van der Waals surface area contributed by atoms with Crippen molar-refractivity contribution in [3.8, 4) is 5.75 Å². The highest BCUT2D eigenvalue weighted by Gasteiger charge is 2.29. The molecule has 0 bridgehead atoms. The molecule has 0 radical (unpaired) electrons. The molecule has 1 aromatic rings. The molecule has 0 aromatic heterocycles. The maximum absolute atomic E-state index is 11.1. The summed E-state index contributed by atoms with van der Waals surface area (Å²) in [4.78, 5) is 11.1. The molecule has 1 heterocycles. The summed E-state index contributed by atoms with van der Waals surface area (Å²) in [5.74, 6) is -0.122. The molecule has 2 atom stereocenters. The van der Waals surface area contributed by atoms with Crippen LogP contribution in [0.5, 0.6) is 5.75 Å². The average Bonchev–Trinajstić information content (AvgIpc) is 2.78. The number of hydrogen-bond acceptors (Lipinski definition) is 5. The lowest BCUT2D eigenvalue weighted by atomic mass is 10.2. The van der Waals surface area contributed by atoms with Gasteiger partial charge >= 0.3 is 5.97 Å². The Kier molecular flexibility index (Phi) is 3.61. The number of carbonyl (C=O) groups is 1. The normalized spacial score (nSPS) is 23.6. The Morgan fingerprint density at radius 2 is 2.18 bits per heavy atom. The zero-order valence-electron chi connectivity index (χ0n) is 9.46. The van der Waals surface area contributed by atoms with E-state index in [4.69, 9.17) is 14.6 Å². The van der Waals surface area contributed by atoms with E-state index in [1.807, 2.05) is 0 Å². The number of rotatable bonds is 3. The van der Waals surface area contributed by atoms with Crippen LogP contribution >= 0.6 is 0 Å². The van der Waals surface area contributed by atoms with Gasteiger partial charge in [0.25, 0.3) is 0 Å². The fourth-order valence-electron chi connectivity index (χ4n) is 1.63. The van der Waals surface area contributed by atoms with Crippen molar-refractivity contribution in [2.75, 3.05) is 13.7 Å². The minimum atomic E-state index is -0.481. The van der Waals surface area contributed by atoms with Crippen molar-refractivity contribution >= 4 is 5.97 Å². The smallest absolute Gasteiger partial charge is 0.308 e. The van der Waals surface area contributed by atoms with Crippen LogP contribution in [-0.2, 0) is 19.0 Å². The lowest BCUT2D eigenvalue weighted by Gasteiger charge is -2.11. The Morgan fingerprint density at radius 3 is 2.82 bits per heavy atom. The number of esters is 1. The average molecular weight is 238 g/mol. The molecule has 2 unspecified atom stereocenters. The number of phenols is 1. The summed E-state index contributed by atoms with van der Waals surface area (Å²) >= 11 is 0. The number of phenolic OH excluding ortho intramolecular Hbond substituents is 1. The van der Waals surface area contributed by atoms with Crippen molar-refractivity contribution in [1.82, 2.24) is 0 Å². The van der Waals surface area contributed by atoms with Gasteiger partial charge in [0.2, 0.25) is 0 Å². The summed E-state index contributed by atoms with van der Waals surface area (Å²) in [6.07, 6.45) is -0.572. The standard InChI is InChI=1S/C12H14O5/c1-15-11(14)6-10-7-16-12(17-10)8-2-4-9(13)5-3-8/h2-5,10,12-13H,6-7H2,1H3. The Hall–Kier alpha value is -1.59. The van der Waals surface area contributed by atoms with Gasteiger partial charge in [-0.25, -0.2) is 0 Å². The first-order chi connectivity index (χ1) is 8.19. The number of methoxy groups -OCH3 is 1. The van der Waals surface area contributed by atoms with E-state index in [1.165, 1.54) is 7.11 Å². The van der Waals surface area contributed by atoms with Crippen molar-refractivity contribution in [2.24, 2.45) is 0 Å². The molecule has 1 fully saturated rings. The Bertz CT molecular complexity index is 386. The summed E-state index contributed by atoms with van der Waals surface area (Å²) in [6, 6.07) is 6.58. The van der Waals surface area contributed by atoms with Gasteiger partial charge in [0, 0.05) is 5.56 Å². The highest BCUT2D eigenvalue weighted by Crippen LogP contribution is 2.29. The third-order valence-corrected chi connectivity index (χ3v) is 2.54. The second-order valence-corrected chi connectivity index (χ2v) is 3.80. The van der Waals surface area contributed by atoms with Gasteiger partial charge in [-0.2, -0.15) is 0 Å². The highest BCUT2D eigenvalue weighted by atomic mass is 16.7. The van der Waals surface area contributed by atoms with Gasteiger partial charge in [-0.05, 0) is 12.1 Å². The number of benzene rings is 1. The van der Waals surface area contributed by atoms with E-state index < -0.39 is 6.29 Å². The number of ether oxygens (including phenoxy) is 3. The van der Waals surface area contributed by atoms with Gasteiger partial charge in [-0.15, -0.1) is 0 Å². The highest BCUT2D eigenvalue weighted by molar-refractivity contribution is 5.69. The maximum Gasteiger partial charge on any atom is 0.308 e. The quantitative estimate of drug-likeness (QED) is 0.806. The summed E-state index contributed by atoms with van der Waals surface area (Å²) < 4.78 is 15.5. The third kappa shape index (κ3) is 2.95. The van der Waals surface area contributed by atoms with E-state index in [9.17, 15) is 4.79 Å². The Morgan fingerprint density at radius 1 is 1.47 bits per heavy atom. The van der Waals surface area contributed by atoms with Crippen LogP contribution in [0.25, 0.3) is 0 Å². The number of aromatic hydroxyl groups is 1. The van der Waals surface area contributed by atoms with E-state index in [0.717, 1.165) is 5.56 Å². The van der Waals surface area contributed by atoms with Crippen LogP contribution in [0.15, 0.2) is 24.3 Å². The van der Waals surface area contributed by atoms with E-state index in [0.29, 0.717) is 6.61 Å². The van der Waals surface area contributed by atoms with Gasteiger partial charge in [0.1, 0.15) is 5.75 Å². The van der Waals surface area contributed by atoms with Gasteiger partial charge in [0.15, 0.2) is 6.29 Å². The van der Waals surface area contributed by atoms with E-state index in [2.05, 4.69) is 4.74 Å². The van der Waals surface area contributed by atoms with Crippen molar-refractivity contribution in [3.05, 3.63) is 29.8 Å². The molecule has 5 heteroatoms. The molecule has 5 nitrogen and oxygen atoms in total. The van der Waals surface area contributed by atoms with E-state index in [1.54, 1.807) is 24.3 Å². The largest absolute Gasteiger partial charge is 0.508 e. The van der Waals surface area contributed by atoms with Crippen LogP contribution in [0.2, 0.25) is 0 Å². The van der Waals surface area contributed by atoms with Crippen molar-refractivity contribution in [3.63, 3.8) is 0 Å². The lowest BCUT2D eigenvalue weighted by molar-refractivity contribution is -0.143. The zero-order chi connectivity index (χ0) is 12.3. The van der Waals surface area contributed by atoms with Crippen LogP contribution < -0.4 is 0 Å². The van der Waals surface area contributed by atoms with Crippen molar-refractivity contribution in [1.29, 1.82) is 0 Å². The fourth-order valence-corrected chi connectivity index (χ4v) is 1.63. The molecule has 92 valence electrons. The summed E-state index contributed by atoms with van der Waals surface area (Å²) in [5.41, 5.74) is 0.815. The molecular formula is C12H14O5. The first-order valence-electron chi connectivity index (χ1n) is 5.32. The molecule has 0 spiro atoms. The summed E-state index contributed by atoms with van der Waals surface area (Å²) in [6.45, 7) is 0.362. The van der Waals surface area contributed by atoms with Gasteiger partial charge < -0.3 is 19.3 Å². The molecule has 0 saturated carbocycles. The lowest BCUT2D eigenvalue weighted by Crippen LogP contribution is -2.16. The molecule has 0 aliphatic carbocycles. The molecule has 1 saturated heterocycles. The number of carbonyl (C=O) groups excluding carboxylic acids is 1. The summed E-state index contributed by atoms with van der Waals surface area (Å²) in [7, 11) is 1.34. The van der Waals surface area contributed by atoms with Crippen molar-refractivity contribution < 1.29 is 24.1 Å². The molecule has 1 aromatic carbocycles. The molecule has 2 rings (SSSR count). The van der Waals surface area contributed by atoms with Crippen LogP contribution in [0, 0.1) is 0 Å². The first-order valence-corrected chi connectivity index (χ1v) is 5.32. The van der Waals surface area contributed by atoms with Crippen LogP contribution in [-0.4, -0.2) is 30.9 Å². The van der Waals surface area contributed by atoms with Gasteiger partial charge in [0.05, 0.1) is 26.2 Å². The monoisotopic (exact) mass is 238 g/mol. The molecule has 17 heavy (non-hydrogen) atoms. The third-order valence-electron chi connectivity index (χ3n) is 2.54. The molecular weight excluding hydrogens is 224 g/mol. The topological polar surface area (TPSA) is 65.0 Å². The second-order valence-electron chi connectivity index (χ2n) is 3.80. The molecule has 0 amide bonds. The minimum Gasteiger partial charge on any atom is -0.508 e. The van der Waals surface area contributed by atoms with Crippen LogP contribution in [0.1, 0.15) is 18.3 Å². The predicted molar refractivity (Wildman–Crippen MR) is 58.3 cm³/mol.